The molecule has 1 aromatic carbocycles. The third-order valence-electron chi connectivity index (χ3n) is 7.60. The van der Waals surface area contributed by atoms with Crippen molar-refractivity contribution in [2.75, 3.05) is 52.7 Å². The van der Waals surface area contributed by atoms with E-state index in [2.05, 4.69) is 11.8 Å². The number of aliphatic carboxylic acids is 1. The maximum Gasteiger partial charge on any atom is 0.308 e. The minimum atomic E-state index is -0.860. The minimum Gasteiger partial charge on any atom is -0.481 e. The number of carbonyl (C=O) groups is 2. The summed E-state index contributed by atoms with van der Waals surface area (Å²) in [6.07, 6.45) is 4.50. The van der Waals surface area contributed by atoms with Gasteiger partial charge in [-0.25, -0.2) is 0 Å². The number of nitrogens with zero attached hydrogens (tertiary/aromatic N) is 2. The van der Waals surface area contributed by atoms with Crippen molar-refractivity contribution in [2.45, 2.75) is 63.7 Å². The average molecular weight is 520 g/mol. The Balaban J connectivity index is 1.54. The zero-order chi connectivity index (χ0) is 26.2. The monoisotopic (exact) mass is 519 g/mol. The van der Waals surface area contributed by atoms with E-state index < -0.39 is 11.9 Å². The highest BCUT2D eigenvalue weighted by Crippen LogP contribution is 2.43. The van der Waals surface area contributed by atoms with Crippen molar-refractivity contribution >= 4 is 11.9 Å². The summed E-state index contributed by atoms with van der Waals surface area (Å²) in [6.45, 7) is 6.02. The molecule has 0 spiro atoms. The first-order valence-corrected chi connectivity index (χ1v) is 13.6. The number of carbonyl (C=O) groups excluding carboxylic acids is 1. The average Bonchev–Trinajstić information content (AvgIpc) is 3.64. The summed E-state index contributed by atoms with van der Waals surface area (Å²) in [7, 11) is 0. The van der Waals surface area contributed by atoms with Crippen molar-refractivity contribution in [3.63, 3.8) is 0 Å². The molecule has 3 N–H and O–H groups in total. The number of rotatable bonds is 14. The maximum absolute atomic E-state index is 13.5. The summed E-state index contributed by atoms with van der Waals surface area (Å²) >= 11 is 0. The second-order valence-corrected chi connectivity index (χ2v) is 10.1. The van der Waals surface area contributed by atoms with Crippen LogP contribution in [0.25, 0.3) is 0 Å². The molecule has 1 amide bonds. The van der Waals surface area contributed by atoms with E-state index in [-0.39, 0.29) is 37.5 Å². The van der Waals surface area contributed by atoms with Gasteiger partial charge in [0, 0.05) is 31.6 Å². The van der Waals surface area contributed by atoms with Crippen molar-refractivity contribution in [3.8, 4) is 11.5 Å². The first-order valence-electron chi connectivity index (χ1n) is 13.6. The van der Waals surface area contributed by atoms with Gasteiger partial charge < -0.3 is 34.7 Å². The number of carboxylic acid groups (broad SMARTS) is 1. The summed E-state index contributed by atoms with van der Waals surface area (Å²) in [5.74, 6) is -0.476. The molecule has 10 heteroatoms. The van der Waals surface area contributed by atoms with Gasteiger partial charge in [-0.05, 0) is 56.3 Å². The van der Waals surface area contributed by atoms with Crippen molar-refractivity contribution in [1.82, 2.24) is 9.80 Å². The molecule has 3 aliphatic rings. The number of hydrogen-bond acceptors (Lipinski definition) is 8. The molecule has 3 heterocycles. The molecule has 3 unspecified atom stereocenters. The van der Waals surface area contributed by atoms with Crippen LogP contribution in [0.5, 0.6) is 11.5 Å². The Morgan fingerprint density at radius 1 is 1.08 bits per heavy atom. The summed E-state index contributed by atoms with van der Waals surface area (Å²) in [4.78, 5) is 30.1. The van der Waals surface area contributed by atoms with E-state index in [9.17, 15) is 14.7 Å². The van der Waals surface area contributed by atoms with Crippen LogP contribution in [0.1, 0.15) is 56.9 Å². The van der Waals surface area contributed by atoms with Crippen LogP contribution >= 0.6 is 0 Å². The summed E-state index contributed by atoms with van der Waals surface area (Å²) in [5.41, 5.74) is 6.55. The number of fused-ring (bicyclic) bond motifs is 1. The smallest absolute Gasteiger partial charge is 0.308 e. The second-order valence-electron chi connectivity index (χ2n) is 10.1. The Labute approximate surface area is 219 Å². The molecule has 206 valence electrons. The summed E-state index contributed by atoms with van der Waals surface area (Å²) < 4.78 is 22.2. The van der Waals surface area contributed by atoms with Crippen LogP contribution in [-0.2, 0) is 19.1 Å². The Kier molecular flexibility index (Phi) is 10.0. The van der Waals surface area contributed by atoms with Crippen LogP contribution in [0, 0.1) is 5.92 Å². The van der Waals surface area contributed by atoms with Crippen LogP contribution in [-0.4, -0.2) is 91.8 Å². The normalized spacial score (nSPS) is 23.6. The largest absolute Gasteiger partial charge is 0.481 e. The van der Waals surface area contributed by atoms with E-state index >= 15 is 0 Å². The van der Waals surface area contributed by atoms with Crippen molar-refractivity contribution in [2.24, 2.45) is 11.7 Å². The highest BCUT2D eigenvalue weighted by Gasteiger charge is 2.47. The predicted octanol–water partition coefficient (Wildman–Crippen LogP) is 2.40. The topological polar surface area (TPSA) is 124 Å². The first kappa shape index (κ1) is 27.6. The van der Waals surface area contributed by atoms with Gasteiger partial charge in [-0.1, -0.05) is 19.4 Å². The van der Waals surface area contributed by atoms with Gasteiger partial charge in [0.2, 0.25) is 12.7 Å². The van der Waals surface area contributed by atoms with Gasteiger partial charge in [0.25, 0.3) is 0 Å². The molecule has 37 heavy (non-hydrogen) atoms. The van der Waals surface area contributed by atoms with Crippen LogP contribution in [0.2, 0.25) is 0 Å². The van der Waals surface area contributed by atoms with Crippen LogP contribution < -0.4 is 15.2 Å². The van der Waals surface area contributed by atoms with E-state index in [0.717, 1.165) is 31.2 Å². The molecule has 0 aliphatic carbocycles. The lowest BCUT2D eigenvalue weighted by molar-refractivity contribution is -0.144. The van der Waals surface area contributed by atoms with Gasteiger partial charge in [0.1, 0.15) is 0 Å². The third-order valence-corrected chi connectivity index (χ3v) is 7.60. The number of ether oxygens (including phenoxy) is 4. The van der Waals surface area contributed by atoms with E-state index in [1.54, 1.807) is 0 Å². The third kappa shape index (κ3) is 6.93. The molecule has 1 aromatic rings. The quantitative estimate of drug-likeness (QED) is 0.357. The Morgan fingerprint density at radius 2 is 1.84 bits per heavy atom. The number of benzene rings is 1. The number of hydrogen-bond donors (Lipinski definition) is 2. The molecule has 10 nitrogen and oxygen atoms in total. The molecule has 0 aromatic heterocycles. The molecule has 3 atom stereocenters. The standard InChI is InChI=1S/C27H41N3O7/c1-2-3-11-29(12-5-4-10-28)24(31)17-30-16-20(19-6-8-22-23(15-19)37-18-36-22)26(27(32)33)21(30)7-9-25-34-13-14-35-25/h6,8,15,20-21,25-26H,2-5,7,9-14,16-18,28H2,1H3,(H,32,33). The number of carboxylic acids is 1. The second kappa shape index (κ2) is 13.4. The molecule has 3 aliphatic heterocycles. The van der Waals surface area contributed by atoms with E-state index in [4.69, 9.17) is 24.7 Å². The summed E-state index contributed by atoms with van der Waals surface area (Å²) in [6, 6.07) is 5.32. The number of nitrogens with two attached hydrogens (primary N) is 1. The Hall–Kier alpha value is -2.40. The maximum atomic E-state index is 13.5. The molecule has 4 rings (SSSR count). The van der Waals surface area contributed by atoms with Gasteiger partial charge in [-0.15, -0.1) is 0 Å². The highest BCUT2D eigenvalue weighted by molar-refractivity contribution is 5.79. The number of likely N-dealkylation sites (tertiary alicyclic amines) is 1. The van der Waals surface area contributed by atoms with E-state index in [0.29, 0.717) is 63.7 Å². The van der Waals surface area contributed by atoms with Gasteiger partial charge in [0.05, 0.1) is 25.7 Å². The van der Waals surface area contributed by atoms with Crippen LogP contribution in [0.15, 0.2) is 18.2 Å². The molecule has 0 bridgehead atoms. The first-order chi connectivity index (χ1) is 18.0. The zero-order valence-electron chi connectivity index (χ0n) is 21.8. The fourth-order valence-electron chi connectivity index (χ4n) is 5.65. The lowest BCUT2D eigenvalue weighted by Gasteiger charge is -2.30. The SMILES string of the molecule is CCCCN(CCCCN)C(=O)CN1CC(c2ccc3c(c2)OCO3)C(C(=O)O)C1CCC1OCCO1. The molecule has 2 saturated heterocycles. The van der Waals surface area contributed by atoms with Gasteiger partial charge >= 0.3 is 5.97 Å². The predicted molar refractivity (Wildman–Crippen MR) is 136 cm³/mol. The van der Waals surface area contributed by atoms with Crippen molar-refractivity contribution in [1.29, 1.82) is 0 Å². The van der Waals surface area contributed by atoms with Crippen LogP contribution in [0.3, 0.4) is 0 Å². The zero-order valence-corrected chi connectivity index (χ0v) is 21.8. The molecular formula is C27H41N3O7. The fraction of sp³-hybridized carbons (Fsp3) is 0.704. The fourth-order valence-corrected chi connectivity index (χ4v) is 5.65. The Morgan fingerprint density at radius 3 is 2.57 bits per heavy atom. The van der Waals surface area contributed by atoms with E-state index in [1.165, 1.54) is 0 Å². The molecular weight excluding hydrogens is 478 g/mol. The van der Waals surface area contributed by atoms with Crippen molar-refractivity contribution in [3.05, 3.63) is 23.8 Å². The highest BCUT2D eigenvalue weighted by atomic mass is 16.7. The molecule has 2 fully saturated rings. The van der Waals surface area contributed by atoms with E-state index in [1.807, 2.05) is 23.1 Å². The summed E-state index contributed by atoms with van der Waals surface area (Å²) in [5, 5.41) is 10.4. The lowest BCUT2D eigenvalue weighted by atomic mass is 9.83. The van der Waals surface area contributed by atoms with Gasteiger partial charge in [0.15, 0.2) is 17.8 Å². The minimum absolute atomic E-state index is 0.0410. The molecule has 0 saturated carbocycles. The number of unbranched alkanes of at least 4 members (excludes halogenated alkanes) is 2. The van der Waals surface area contributed by atoms with Gasteiger partial charge in [-0.2, -0.15) is 0 Å². The van der Waals surface area contributed by atoms with Gasteiger partial charge in [-0.3, -0.25) is 14.5 Å². The molecule has 0 radical (unpaired) electrons. The van der Waals surface area contributed by atoms with Crippen LogP contribution in [0.4, 0.5) is 0 Å². The Bertz CT molecular complexity index is 908. The number of amides is 1. The van der Waals surface area contributed by atoms with Crippen molar-refractivity contribution < 1.29 is 33.6 Å². The lowest BCUT2D eigenvalue weighted by Crippen LogP contribution is -2.45.